The molecule has 5 N–H and O–H groups in total. The first-order chi connectivity index (χ1) is 9.67. The van der Waals surface area contributed by atoms with Crippen LogP contribution in [0.4, 0.5) is 0 Å². The molecule has 0 aromatic carbocycles. The highest BCUT2D eigenvalue weighted by atomic mass is 16.2. The zero-order chi connectivity index (χ0) is 15.7. The van der Waals surface area contributed by atoms with Crippen molar-refractivity contribution in [3.8, 4) is 0 Å². The number of amides is 1. The van der Waals surface area contributed by atoms with Gasteiger partial charge in [0.2, 0.25) is 5.91 Å². The molecule has 0 bridgehead atoms. The number of nitrogens with one attached hydrogen (secondary N) is 3. The fraction of sp³-hybridized carbons (Fsp3) is 0.733. The van der Waals surface area contributed by atoms with Crippen LogP contribution in [0.25, 0.3) is 0 Å². The summed E-state index contributed by atoms with van der Waals surface area (Å²) in [5.41, 5.74) is 6.88. The van der Waals surface area contributed by atoms with Gasteiger partial charge in [0.05, 0.1) is 12.4 Å². The zero-order valence-corrected chi connectivity index (χ0v) is 13.4. The van der Waals surface area contributed by atoms with Crippen molar-refractivity contribution in [1.29, 1.82) is 0 Å². The Morgan fingerprint density at radius 2 is 2.05 bits per heavy atom. The first-order valence-electron chi connectivity index (χ1n) is 7.49. The molecule has 6 nitrogen and oxygen atoms in total. The molecule has 1 amide bonds. The summed E-state index contributed by atoms with van der Waals surface area (Å²) >= 11 is 0. The first kappa shape index (κ1) is 16.0. The quantitative estimate of drug-likeness (QED) is 0.657. The number of nitrogens with two attached hydrogens (primary N) is 1. The molecule has 1 fully saturated rings. The van der Waals surface area contributed by atoms with Crippen LogP contribution in [0.15, 0.2) is 12.5 Å². The molecule has 0 aliphatic carbocycles. The number of aromatic nitrogens is 2. The average Bonchev–Trinajstić information content (AvgIpc) is 2.76. The summed E-state index contributed by atoms with van der Waals surface area (Å²) in [6.45, 7) is 8.66. The molecule has 1 aromatic heterocycles. The molecule has 0 unspecified atom stereocenters. The van der Waals surface area contributed by atoms with E-state index in [1.165, 1.54) is 0 Å². The number of carbonyl (C=O) groups is 1. The number of nitrogens with zero attached hydrogens (tertiary/aromatic N) is 1. The van der Waals surface area contributed by atoms with E-state index in [-0.39, 0.29) is 23.0 Å². The molecule has 6 heteroatoms. The maximum atomic E-state index is 12.3. The molecular weight excluding hydrogens is 266 g/mol. The lowest BCUT2D eigenvalue weighted by Crippen LogP contribution is -2.63. The lowest BCUT2D eigenvalue weighted by atomic mass is 9.79. The van der Waals surface area contributed by atoms with E-state index in [0.29, 0.717) is 6.42 Å². The van der Waals surface area contributed by atoms with Gasteiger partial charge in [0.25, 0.3) is 0 Å². The predicted molar refractivity (Wildman–Crippen MR) is 82.7 cm³/mol. The Bertz CT molecular complexity index is 464. The Morgan fingerprint density at radius 1 is 1.43 bits per heavy atom. The number of aromatic amines is 1. The smallest absolute Gasteiger partial charge is 0.237 e. The van der Waals surface area contributed by atoms with Gasteiger partial charge in [-0.1, -0.05) is 0 Å². The van der Waals surface area contributed by atoms with Gasteiger partial charge < -0.3 is 21.4 Å². The van der Waals surface area contributed by atoms with Crippen molar-refractivity contribution < 1.29 is 4.79 Å². The summed E-state index contributed by atoms with van der Waals surface area (Å²) in [5.74, 6) is -0.0944. The number of imidazole rings is 1. The van der Waals surface area contributed by atoms with Crippen molar-refractivity contribution in [3.05, 3.63) is 18.2 Å². The van der Waals surface area contributed by atoms with Gasteiger partial charge in [0, 0.05) is 35.4 Å². The van der Waals surface area contributed by atoms with Crippen molar-refractivity contribution in [1.82, 2.24) is 20.6 Å². The zero-order valence-electron chi connectivity index (χ0n) is 13.4. The lowest BCUT2D eigenvalue weighted by molar-refractivity contribution is -0.123. The lowest BCUT2D eigenvalue weighted by Gasteiger charge is -2.46. The van der Waals surface area contributed by atoms with E-state index in [1.54, 1.807) is 12.5 Å². The van der Waals surface area contributed by atoms with E-state index in [1.807, 2.05) is 0 Å². The van der Waals surface area contributed by atoms with Gasteiger partial charge in [0.15, 0.2) is 0 Å². The fourth-order valence-corrected chi connectivity index (χ4v) is 3.46. The highest BCUT2D eigenvalue weighted by molar-refractivity contribution is 5.82. The highest BCUT2D eigenvalue weighted by Crippen LogP contribution is 2.28. The van der Waals surface area contributed by atoms with Crippen LogP contribution in [-0.4, -0.2) is 39.0 Å². The van der Waals surface area contributed by atoms with Gasteiger partial charge in [-0.15, -0.1) is 0 Å². The Balaban J connectivity index is 1.92. The Kier molecular flexibility index (Phi) is 4.39. The second kappa shape index (κ2) is 5.77. The predicted octanol–water partition coefficient (Wildman–Crippen LogP) is 0.705. The van der Waals surface area contributed by atoms with Crippen LogP contribution in [0.5, 0.6) is 0 Å². The van der Waals surface area contributed by atoms with Gasteiger partial charge >= 0.3 is 0 Å². The van der Waals surface area contributed by atoms with Gasteiger partial charge in [-0.25, -0.2) is 4.98 Å². The third kappa shape index (κ3) is 4.54. The number of carbonyl (C=O) groups excluding carboxylic acids is 1. The van der Waals surface area contributed by atoms with E-state index in [4.69, 9.17) is 5.73 Å². The van der Waals surface area contributed by atoms with Crippen molar-refractivity contribution in [3.63, 3.8) is 0 Å². The molecule has 2 heterocycles. The topological polar surface area (TPSA) is 95.8 Å². The van der Waals surface area contributed by atoms with E-state index >= 15 is 0 Å². The molecule has 118 valence electrons. The van der Waals surface area contributed by atoms with Gasteiger partial charge in [-0.2, -0.15) is 0 Å². The number of piperidine rings is 1. The minimum Gasteiger partial charge on any atom is -0.352 e. The average molecular weight is 293 g/mol. The maximum Gasteiger partial charge on any atom is 0.237 e. The Hall–Kier alpha value is -1.40. The summed E-state index contributed by atoms with van der Waals surface area (Å²) in [4.78, 5) is 19.2. The van der Waals surface area contributed by atoms with Gasteiger partial charge in [-0.05, 0) is 40.5 Å². The second-order valence-electron chi connectivity index (χ2n) is 7.39. The van der Waals surface area contributed by atoms with Crippen molar-refractivity contribution in [2.75, 3.05) is 0 Å². The van der Waals surface area contributed by atoms with Crippen molar-refractivity contribution >= 4 is 5.91 Å². The van der Waals surface area contributed by atoms with Crippen LogP contribution in [0.1, 0.15) is 46.2 Å². The summed E-state index contributed by atoms with van der Waals surface area (Å²) in [6, 6.07) is -0.400. The molecule has 1 aliphatic rings. The van der Waals surface area contributed by atoms with Crippen LogP contribution in [0, 0.1) is 0 Å². The molecule has 1 saturated heterocycles. The molecule has 0 saturated carbocycles. The summed E-state index contributed by atoms with van der Waals surface area (Å²) in [7, 11) is 0. The van der Waals surface area contributed by atoms with E-state index in [9.17, 15) is 4.79 Å². The van der Waals surface area contributed by atoms with Gasteiger partial charge in [0.1, 0.15) is 0 Å². The SMILES string of the molecule is CC1(C)CC(NC(=O)[C@@H](N)Cc2cnc[nH]2)CC(C)(C)N1. The second-order valence-corrected chi connectivity index (χ2v) is 7.39. The number of hydrogen-bond acceptors (Lipinski definition) is 4. The van der Waals surface area contributed by atoms with E-state index < -0.39 is 6.04 Å². The summed E-state index contributed by atoms with van der Waals surface area (Å²) in [6.07, 6.45) is 5.57. The highest BCUT2D eigenvalue weighted by Gasteiger charge is 2.38. The fourth-order valence-electron chi connectivity index (χ4n) is 3.46. The van der Waals surface area contributed by atoms with E-state index in [2.05, 4.69) is 48.3 Å². The third-order valence-corrected chi connectivity index (χ3v) is 3.87. The third-order valence-electron chi connectivity index (χ3n) is 3.87. The molecule has 1 atom stereocenters. The minimum absolute atomic E-state index is 0.00711. The standard InChI is InChI=1S/C15H27N5O/c1-14(2)6-11(7-15(3,4)20-14)19-13(21)12(16)5-10-8-17-9-18-10/h8-9,11-12,20H,5-7,16H2,1-4H3,(H,17,18)(H,19,21)/t12-/m0/s1. The van der Waals surface area contributed by atoms with Crippen LogP contribution in [-0.2, 0) is 11.2 Å². The van der Waals surface area contributed by atoms with Gasteiger partial charge in [-0.3, -0.25) is 4.79 Å². The minimum atomic E-state index is -0.549. The number of rotatable bonds is 4. The van der Waals surface area contributed by atoms with E-state index in [0.717, 1.165) is 18.5 Å². The normalized spacial score (nSPS) is 22.7. The Labute approximate surface area is 126 Å². The molecule has 0 spiro atoms. The van der Waals surface area contributed by atoms with Crippen LogP contribution >= 0.6 is 0 Å². The summed E-state index contributed by atoms with van der Waals surface area (Å²) in [5, 5.41) is 6.71. The molecule has 21 heavy (non-hydrogen) atoms. The molecule has 2 rings (SSSR count). The van der Waals surface area contributed by atoms with Crippen LogP contribution in [0.2, 0.25) is 0 Å². The molecule has 1 aliphatic heterocycles. The van der Waals surface area contributed by atoms with Crippen molar-refractivity contribution in [2.24, 2.45) is 5.73 Å². The largest absolute Gasteiger partial charge is 0.352 e. The molecular formula is C15H27N5O. The molecule has 1 aromatic rings. The van der Waals surface area contributed by atoms with Crippen LogP contribution in [0.3, 0.4) is 0 Å². The summed E-state index contributed by atoms with van der Waals surface area (Å²) < 4.78 is 0. The first-order valence-corrected chi connectivity index (χ1v) is 7.49. The number of H-pyrrole nitrogens is 1. The van der Waals surface area contributed by atoms with Crippen molar-refractivity contribution in [2.45, 2.75) is 70.1 Å². The monoisotopic (exact) mass is 293 g/mol. The Morgan fingerprint density at radius 3 is 2.57 bits per heavy atom. The van der Waals surface area contributed by atoms with Crippen LogP contribution < -0.4 is 16.4 Å². The molecule has 0 radical (unpaired) electrons. The number of hydrogen-bond donors (Lipinski definition) is 4. The maximum absolute atomic E-state index is 12.3.